The van der Waals surface area contributed by atoms with Crippen LogP contribution in [0.5, 0.6) is 0 Å². The van der Waals surface area contributed by atoms with Gasteiger partial charge in [0.25, 0.3) is 0 Å². The molecule has 0 saturated carbocycles. The Morgan fingerprint density at radius 2 is 1.89 bits per heavy atom. The highest BCUT2D eigenvalue weighted by molar-refractivity contribution is 6.00. The van der Waals surface area contributed by atoms with E-state index in [-0.39, 0.29) is 23.6 Å². The first-order valence-electron chi connectivity index (χ1n) is 9.05. The monoisotopic (exact) mass is 379 g/mol. The van der Waals surface area contributed by atoms with Gasteiger partial charge >= 0.3 is 5.97 Å². The molecule has 1 aliphatic heterocycles. The zero-order valence-electron chi connectivity index (χ0n) is 15.6. The fourth-order valence-electron chi connectivity index (χ4n) is 2.73. The first kappa shape index (κ1) is 19.4. The second-order valence-corrected chi connectivity index (χ2v) is 6.22. The van der Waals surface area contributed by atoms with Crippen LogP contribution in [0, 0.1) is 11.8 Å². The van der Waals surface area contributed by atoms with Crippen LogP contribution in [0.3, 0.4) is 0 Å². The highest BCUT2D eigenvalue weighted by Gasteiger charge is 2.13. The lowest BCUT2D eigenvalue weighted by Crippen LogP contribution is -2.36. The van der Waals surface area contributed by atoms with Crippen LogP contribution in [-0.4, -0.2) is 48.3 Å². The van der Waals surface area contributed by atoms with Crippen LogP contribution in [0.25, 0.3) is 0 Å². The molecule has 0 bridgehead atoms. The minimum Gasteiger partial charge on any atom is -0.478 e. The molecule has 1 saturated heterocycles. The van der Waals surface area contributed by atoms with E-state index in [1.165, 1.54) is 6.07 Å². The number of morpholine rings is 1. The van der Waals surface area contributed by atoms with Crippen LogP contribution in [0.4, 0.5) is 11.5 Å². The molecule has 2 N–H and O–H groups in total. The van der Waals surface area contributed by atoms with Crippen molar-refractivity contribution in [3.8, 4) is 11.8 Å². The Bertz CT molecular complexity index is 923. The number of aromatic nitrogens is 1. The summed E-state index contributed by atoms with van der Waals surface area (Å²) in [5.74, 6) is 5.47. The fourth-order valence-corrected chi connectivity index (χ4v) is 2.73. The Hall–Kier alpha value is -3.37. The molecule has 7 heteroatoms. The smallest absolute Gasteiger partial charge is 0.337 e. The molecule has 1 fully saturated rings. The van der Waals surface area contributed by atoms with Gasteiger partial charge in [-0.05, 0) is 30.3 Å². The molecule has 2 heterocycles. The summed E-state index contributed by atoms with van der Waals surface area (Å²) in [7, 11) is 0. The number of anilines is 2. The van der Waals surface area contributed by atoms with Crippen molar-refractivity contribution in [3.05, 3.63) is 53.2 Å². The zero-order chi connectivity index (χ0) is 19.9. The molecule has 0 radical (unpaired) electrons. The van der Waals surface area contributed by atoms with E-state index >= 15 is 0 Å². The van der Waals surface area contributed by atoms with Crippen molar-refractivity contribution in [3.63, 3.8) is 0 Å². The number of benzene rings is 1. The standard InChI is InChI=1S/C21H21N3O4/c1-2-20(25)23-18-7-5-15(13-17(18)21(26)27)3-4-16-6-8-19(22-14-16)24-9-11-28-12-10-24/h5-8,13-14H,2,9-12H2,1H3,(H,23,25)(H,26,27). The topological polar surface area (TPSA) is 91.8 Å². The summed E-state index contributed by atoms with van der Waals surface area (Å²) in [4.78, 5) is 29.6. The van der Waals surface area contributed by atoms with Gasteiger partial charge < -0.3 is 20.1 Å². The van der Waals surface area contributed by atoms with Gasteiger partial charge in [-0.25, -0.2) is 9.78 Å². The highest BCUT2D eigenvalue weighted by Crippen LogP contribution is 2.18. The summed E-state index contributed by atoms with van der Waals surface area (Å²) in [6, 6.07) is 8.50. The van der Waals surface area contributed by atoms with Gasteiger partial charge in [-0.1, -0.05) is 18.8 Å². The summed E-state index contributed by atoms with van der Waals surface area (Å²) < 4.78 is 5.34. The Morgan fingerprint density at radius 1 is 1.18 bits per heavy atom. The predicted molar refractivity (Wildman–Crippen MR) is 106 cm³/mol. The van der Waals surface area contributed by atoms with E-state index in [9.17, 15) is 14.7 Å². The fraction of sp³-hybridized carbons (Fsp3) is 0.286. The predicted octanol–water partition coefficient (Wildman–Crippen LogP) is 2.36. The van der Waals surface area contributed by atoms with Crippen LogP contribution < -0.4 is 10.2 Å². The molecule has 1 aromatic heterocycles. The molecule has 1 amide bonds. The third-order valence-corrected chi connectivity index (χ3v) is 4.28. The second-order valence-electron chi connectivity index (χ2n) is 6.22. The van der Waals surface area contributed by atoms with Crippen LogP contribution in [0.1, 0.15) is 34.8 Å². The number of carboxylic acid groups (broad SMARTS) is 1. The molecular weight excluding hydrogens is 358 g/mol. The number of carbonyl (C=O) groups is 2. The molecular formula is C21H21N3O4. The average Bonchev–Trinajstić information content (AvgIpc) is 2.73. The maximum absolute atomic E-state index is 11.5. The van der Waals surface area contributed by atoms with E-state index in [1.807, 2.05) is 12.1 Å². The third-order valence-electron chi connectivity index (χ3n) is 4.28. The first-order chi connectivity index (χ1) is 13.6. The normalized spacial score (nSPS) is 13.4. The second kappa shape index (κ2) is 9.02. The van der Waals surface area contributed by atoms with Crippen molar-refractivity contribution in [2.75, 3.05) is 36.5 Å². The van der Waals surface area contributed by atoms with Crippen molar-refractivity contribution >= 4 is 23.4 Å². The van der Waals surface area contributed by atoms with Gasteiger partial charge in [-0.3, -0.25) is 4.79 Å². The van der Waals surface area contributed by atoms with Gasteiger partial charge in [-0.2, -0.15) is 0 Å². The molecule has 0 spiro atoms. The van der Waals surface area contributed by atoms with Crippen molar-refractivity contribution < 1.29 is 19.4 Å². The third kappa shape index (κ3) is 4.87. The number of hydrogen-bond donors (Lipinski definition) is 2. The number of nitrogens with one attached hydrogen (secondary N) is 1. The maximum Gasteiger partial charge on any atom is 0.337 e. The SMILES string of the molecule is CCC(=O)Nc1ccc(C#Cc2ccc(N3CCOCC3)nc2)cc1C(=O)O. The summed E-state index contributed by atoms with van der Waals surface area (Å²) >= 11 is 0. The van der Waals surface area contributed by atoms with Crippen molar-refractivity contribution in [1.82, 2.24) is 4.98 Å². The van der Waals surface area contributed by atoms with Gasteiger partial charge in [0.1, 0.15) is 5.82 Å². The van der Waals surface area contributed by atoms with Crippen molar-refractivity contribution in [1.29, 1.82) is 0 Å². The van der Waals surface area contributed by atoms with E-state index in [1.54, 1.807) is 25.3 Å². The lowest BCUT2D eigenvalue weighted by molar-refractivity contribution is -0.115. The number of carboxylic acids is 1. The average molecular weight is 379 g/mol. The lowest BCUT2D eigenvalue weighted by Gasteiger charge is -2.27. The van der Waals surface area contributed by atoms with Gasteiger partial charge in [0, 0.05) is 36.8 Å². The van der Waals surface area contributed by atoms with Gasteiger partial charge in [0.15, 0.2) is 0 Å². The molecule has 3 rings (SSSR count). The minimum atomic E-state index is -1.12. The summed E-state index contributed by atoms with van der Waals surface area (Å²) in [6.07, 6.45) is 1.97. The first-order valence-corrected chi connectivity index (χ1v) is 9.05. The molecule has 0 aliphatic carbocycles. The number of aromatic carboxylic acids is 1. The van der Waals surface area contributed by atoms with Crippen LogP contribution in [-0.2, 0) is 9.53 Å². The number of rotatable bonds is 4. The van der Waals surface area contributed by atoms with Gasteiger partial charge in [0.05, 0.1) is 24.5 Å². The van der Waals surface area contributed by atoms with Crippen LogP contribution in [0.15, 0.2) is 36.5 Å². The molecule has 1 aliphatic rings. The molecule has 144 valence electrons. The number of carbonyl (C=O) groups excluding carboxylic acids is 1. The van der Waals surface area contributed by atoms with E-state index in [2.05, 4.69) is 27.0 Å². The Morgan fingerprint density at radius 3 is 2.54 bits per heavy atom. The summed E-state index contributed by atoms with van der Waals surface area (Å²) in [6.45, 7) is 4.73. The van der Waals surface area contributed by atoms with E-state index in [0.29, 0.717) is 18.8 Å². The molecule has 0 unspecified atom stereocenters. The maximum atomic E-state index is 11.5. The molecule has 28 heavy (non-hydrogen) atoms. The largest absolute Gasteiger partial charge is 0.478 e. The van der Waals surface area contributed by atoms with Crippen molar-refractivity contribution in [2.45, 2.75) is 13.3 Å². The van der Waals surface area contributed by atoms with Crippen LogP contribution >= 0.6 is 0 Å². The Kier molecular flexibility index (Phi) is 6.25. The minimum absolute atomic E-state index is 0.00869. The molecule has 2 aromatic rings. The summed E-state index contributed by atoms with van der Waals surface area (Å²) in [5.41, 5.74) is 1.55. The number of ether oxygens (including phenoxy) is 1. The molecule has 1 aromatic carbocycles. The van der Waals surface area contributed by atoms with Gasteiger partial charge in [-0.15, -0.1) is 0 Å². The van der Waals surface area contributed by atoms with E-state index in [4.69, 9.17) is 4.74 Å². The van der Waals surface area contributed by atoms with E-state index < -0.39 is 5.97 Å². The number of amides is 1. The lowest BCUT2D eigenvalue weighted by atomic mass is 10.1. The van der Waals surface area contributed by atoms with Crippen molar-refractivity contribution in [2.24, 2.45) is 0 Å². The zero-order valence-corrected chi connectivity index (χ0v) is 15.6. The number of hydrogen-bond acceptors (Lipinski definition) is 5. The number of nitrogens with zero attached hydrogens (tertiary/aromatic N) is 2. The number of pyridine rings is 1. The molecule has 7 nitrogen and oxygen atoms in total. The molecule has 0 atom stereocenters. The van der Waals surface area contributed by atoms with E-state index in [0.717, 1.165) is 24.5 Å². The Balaban J connectivity index is 1.76. The summed E-state index contributed by atoms with van der Waals surface area (Å²) in [5, 5.41) is 12.0. The Labute approximate surface area is 163 Å². The van der Waals surface area contributed by atoms with Gasteiger partial charge in [0.2, 0.25) is 5.91 Å². The highest BCUT2D eigenvalue weighted by atomic mass is 16.5. The quantitative estimate of drug-likeness (QED) is 0.793. The van der Waals surface area contributed by atoms with Crippen LogP contribution in [0.2, 0.25) is 0 Å².